The summed E-state index contributed by atoms with van der Waals surface area (Å²) >= 11 is 0. The minimum atomic E-state index is -0.472. The number of aryl methyl sites for hydroxylation is 1. The number of urea groups is 1. The van der Waals surface area contributed by atoms with Gasteiger partial charge in [0.15, 0.2) is 0 Å². The molecule has 1 fully saturated rings. The fourth-order valence-electron chi connectivity index (χ4n) is 5.87. The second kappa shape index (κ2) is 12.9. The van der Waals surface area contributed by atoms with E-state index in [1.165, 1.54) is 15.4 Å². The lowest BCUT2D eigenvalue weighted by atomic mass is 9.54. The number of carbonyl (C=O) groups excluding carboxylic acids is 2. The lowest BCUT2D eigenvalue weighted by Crippen LogP contribution is -2.47. The zero-order valence-corrected chi connectivity index (χ0v) is 25.9. The smallest absolute Gasteiger partial charge is 0.325 e. The van der Waals surface area contributed by atoms with Crippen molar-refractivity contribution in [2.24, 2.45) is 0 Å². The van der Waals surface area contributed by atoms with E-state index in [0.29, 0.717) is 18.8 Å². The van der Waals surface area contributed by atoms with Gasteiger partial charge in [0.2, 0.25) is 20.2 Å². The van der Waals surface area contributed by atoms with E-state index in [1.54, 1.807) is 32.2 Å². The summed E-state index contributed by atoms with van der Waals surface area (Å²) in [5.41, 5.74) is 4.20. The highest BCUT2D eigenvalue weighted by Crippen LogP contribution is 2.33. The molecule has 11 heteroatoms. The van der Waals surface area contributed by atoms with Crippen LogP contribution in [-0.4, -0.2) is 84.7 Å². The van der Waals surface area contributed by atoms with E-state index < -0.39 is 6.04 Å². The number of likely N-dealkylation sites (N-methyl/N-ethyl adjacent to an activating group) is 2. The third kappa shape index (κ3) is 6.07. The lowest BCUT2D eigenvalue weighted by Gasteiger charge is -2.30. The van der Waals surface area contributed by atoms with Crippen LogP contribution in [0.3, 0.4) is 0 Å². The summed E-state index contributed by atoms with van der Waals surface area (Å²) in [7, 11) is 7.21. The molecule has 0 N–H and O–H groups in total. The van der Waals surface area contributed by atoms with Crippen molar-refractivity contribution in [1.29, 1.82) is 0 Å². The van der Waals surface area contributed by atoms with Crippen LogP contribution >= 0.6 is 0 Å². The Labute approximate surface area is 255 Å². The highest BCUT2D eigenvalue weighted by molar-refractivity contribution is 6.74. The Hall–Kier alpha value is -4.40. The molecule has 0 bridgehead atoms. The molecule has 1 atom stereocenters. The van der Waals surface area contributed by atoms with Crippen LogP contribution in [0, 0.1) is 0 Å². The van der Waals surface area contributed by atoms with Crippen molar-refractivity contribution in [2.45, 2.75) is 45.8 Å². The van der Waals surface area contributed by atoms with Crippen LogP contribution in [0.4, 0.5) is 16.4 Å². The number of hydrogen-bond acceptors (Lipinski definition) is 6. The number of aromatic nitrogens is 3. The van der Waals surface area contributed by atoms with Gasteiger partial charge in [0.25, 0.3) is 0 Å². The Morgan fingerprint density at radius 2 is 1.91 bits per heavy atom. The van der Waals surface area contributed by atoms with Crippen molar-refractivity contribution in [2.75, 3.05) is 37.3 Å². The Morgan fingerprint density at radius 1 is 1.14 bits per heavy atom. The summed E-state index contributed by atoms with van der Waals surface area (Å²) in [5, 5.41) is 1.79. The molecule has 3 aromatic heterocycles. The van der Waals surface area contributed by atoms with Crippen LogP contribution in [0.15, 0.2) is 67.1 Å². The molecule has 0 saturated carbocycles. The van der Waals surface area contributed by atoms with E-state index in [0.717, 1.165) is 46.2 Å². The van der Waals surface area contributed by atoms with E-state index in [-0.39, 0.29) is 18.8 Å². The highest BCUT2D eigenvalue weighted by Gasteiger charge is 2.36. The van der Waals surface area contributed by atoms with Gasteiger partial charge in [-0.15, -0.1) is 0 Å². The molecular weight excluding hydrogens is 536 g/mol. The van der Waals surface area contributed by atoms with Crippen molar-refractivity contribution in [3.8, 4) is 11.3 Å². The molecule has 1 radical (unpaired) electrons. The maximum Gasteiger partial charge on any atom is 0.325 e. The van der Waals surface area contributed by atoms with E-state index in [9.17, 15) is 9.59 Å². The summed E-state index contributed by atoms with van der Waals surface area (Å²) in [6, 6.07) is 15.7. The van der Waals surface area contributed by atoms with Gasteiger partial charge < -0.3 is 14.5 Å². The molecular formula is C32H38B2N7O2. The van der Waals surface area contributed by atoms with Crippen LogP contribution in [0.25, 0.3) is 22.0 Å². The number of nitrogens with zero attached hydrogens (tertiary/aromatic N) is 7. The maximum atomic E-state index is 13.5. The molecule has 219 valence electrons. The molecule has 0 spiro atoms. The maximum absolute atomic E-state index is 13.5. The van der Waals surface area contributed by atoms with Crippen molar-refractivity contribution in [3.63, 3.8) is 0 Å². The fraction of sp³-hybridized carbons (Fsp3) is 0.344. The molecule has 4 aromatic rings. The van der Waals surface area contributed by atoms with Crippen molar-refractivity contribution >= 4 is 48.6 Å². The molecule has 43 heavy (non-hydrogen) atoms. The number of carbonyl (C=O) groups is 2. The first-order valence-electron chi connectivity index (χ1n) is 14.8. The minimum absolute atomic E-state index is 0.0418. The topological polar surface area (TPSA) is 85.8 Å². The number of pyridine rings is 3. The second-order valence-corrected chi connectivity index (χ2v) is 11.2. The number of fused-ring (bicyclic) bond motifs is 1. The molecule has 3 amide bonds. The van der Waals surface area contributed by atoms with Crippen LogP contribution in [-0.2, 0) is 17.5 Å². The number of rotatable bonds is 9. The quantitative estimate of drug-likeness (QED) is 0.266. The first kappa shape index (κ1) is 30.1. The van der Waals surface area contributed by atoms with Gasteiger partial charge in [0, 0.05) is 57.2 Å². The van der Waals surface area contributed by atoms with E-state index in [2.05, 4.69) is 55.1 Å². The third-order valence-corrected chi connectivity index (χ3v) is 8.42. The van der Waals surface area contributed by atoms with Gasteiger partial charge >= 0.3 is 6.03 Å². The van der Waals surface area contributed by atoms with Gasteiger partial charge in [-0.05, 0) is 48.3 Å². The zero-order chi connectivity index (χ0) is 30.7. The highest BCUT2D eigenvalue weighted by atomic mass is 16.2. The average molecular weight is 574 g/mol. The SMILES string of the molecule is C[B]N(B(C)Cc1ccccc1)c1nc(-c2cnccc2CC)cc2cc(N(C)C(=O)N(C)C3CCN(C)C3=O)ncc12. The Morgan fingerprint density at radius 3 is 2.58 bits per heavy atom. The van der Waals surface area contributed by atoms with Crippen LogP contribution < -0.4 is 9.62 Å². The standard InChI is InChI=1S/C32H38B2N7O2/c1-7-23-13-15-35-20-25(23)27-17-24-18-29(40(6)32(43)39(5)28-14-16-38(4)31(28)42)36-21-26(24)30(37-27)41(33-2)34(3)19-22-11-9-8-10-12-22/h8-13,15,17-18,20-21,28H,7,14,16,19H2,1-6H3. The van der Waals surface area contributed by atoms with Gasteiger partial charge in [-0.1, -0.05) is 56.5 Å². The third-order valence-electron chi connectivity index (χ3n) is 8.42. The van der Waals surface area contributed by atoms with E-state index in [4.69, 9.17) is 9.97 Å². The van der Waals surface area contributed by atoms with Crippen molar-refractivity contribution in [3.05, 3.63) is 78.2 Å². The number of benzene rings is 1. The molecule has 1 aliphatic rings. The molecule has 9 nitrogen and oxygen atoms in total. The number of anilines is 2. The molecule has 1 aromatic carbocycles. The van der Waals surface area contributed by atoms with Gasteiger partial charge in [-0.3, -0.25) is 14.7 Å². The van der Waals surface area contributed by atoms with E-state index in [1.807, 2.05) is 43.5 Å². The van der Waals surface area contributed by atoms with Gasteiger partial charge in [0.1, 0.15) is 17.7 Å². The fourth-order valence-corrected chi connectivity index (χ4v) is 5.87. The first-order chi connectivity index (χ1) is 20.7. The van der Waals surface area contributed by atoms with Crippen molar-refractivity contribution in [1.82, 2.24) is 24.8 Å². The molecule has 1 aliphatic heterocycles. The summed E-state index contributed by atoms with van der Waals surface area (Å²) in [5.74, 6) is 1.26. The Balaban J connectivity index is 1.57. The van der Waals surface area contributed by atoms with Gasteiger partial charge in [-0.25, -0.2) is 14.8 Å². The molecule has 0 aliphatic carbocycles. The largest absolute Gasteiger partial charge is 0.449 e. The van der Waals surface area contributed by atoms with Gasteiger partial charge in [0.05, 0.1) is 5.69 Å². The molecule has 5 rings (SSSR count). The number of amides is 3. The molecule has 1 unspecified atom stereocenters. The van der Waals surface area contributed by atoms with Gasteiger partial charge in [-0.2, -0.15) is 0 Å². The van der Waals surface area contributed by atoms with Crippen LogP contribution in [0.5, 0.6) is 0 Å². The normalized spacial score (nSPS) is 14.6. The average Bonchev–Trinajstić information content (AvgIpc) is 3.37. The summed E-state index contributed by atoms with van der Waals surface area (Å²) in [4.78, 5) is 45.1. The lowest BCUT2D eigenvalue weighted by molar-refractivity contribution is -0.129. The second-order valence-electron chi connectivity index (χ2n) is 11.2. The van der Waals surface area contributed by atoms with Crippen LogP contribution in [0.1, 0.15) is 24.5 Å². The number of likely N-dealkylation sites (tertiary alicyclic amines) is 1. The summed E-state index contributed by atoms with van der Waals surface area (Å²) in [6.45, 7) is 7.10. The summed E-state index contributed by atoms with van der Waals surface area (Å²) < 4.78 is 2.20. The number of hydrogen-bond donors (Lipinski definition) is 0. The van der Waals surface area contributed by atoms with E-state index >= 15 is 0 Å². The van der Waals surface area contributed by atoms with Crippen LogP contribution in [0.2, 0.25) is 13.6 Å². The first-order valence-corrected chi connectivity index (χ1v) is 14.8. The zero-order valence-electron chi connectivity index (χ0n) is 25.9. The molecule has 1 saturated heterocycles. The summed E-state index contributed by atoms with van der Waals surface area (Å²) in [6.07, 6.45) is 7.78. The van der Waals surface area contributed by atoms with Crippen molar-refractivity contribution < 1.29 is 9.59 Å². The Kier molecular flexibility index (Phi) is 8.99. The monoisotopic (exact) mass is 574 g/mol. The minimum Gasteiger partial charge on any atom is -0.449 e. The molecule has 4 heterocycles. The Bertz CT molecular complexity index is 1620. The predicted molar refractivity (Wildman–Crippen MR) is 176 cm³/mol. The predicted octanol–water partition coefficient (Wildman–Crippen LogP) is 4.85.